The van der Waals surface area contributed by atoms with Crippen molar-refractivity contribution >= 4 is 0 Å². The summed E-state index contributed by atoms with van der Waals surface area (Å²) in [7, 11) is 5.79. The van der Waals surface area contributed by atoms with Gasteiger partial charge in [-0.2, -0.15) is 0 Å². The van der Waals surface area contributed by atoms with Gasteiger partial charge in [-0.3, -0.25) is 7.05 Å². The second-order valence-corrected chi connectivity index (χ2v) is 3.83. The van der Waals surface area contributed by atoms with Gasteiger partial charge >= 0.3 is 0 Å². The Bertz CT molecular complexity index is 317. The Labute approximate surface area is 124 Å². The van der Waals surface area contributed by atoms with Crippen molar-refractivity contribution in [3.8, 4) is 0 Å². The summed E-state index contributed by atoms with van der Waals surface area (Å²) in [5.41, 5.74) is 2.84. The zero-order chi connectivity index (χ0) is 9.97. The van der Waals surface area contributed by atoms with E-state index in [1.807, 2.05) is 0 Å². The fourth-order valence-corrected chi connectivity index (χ4v) is 2.00. The third-order valence-electron chi connectivity index (χ3n) is 2.82. The van der Waals surface area contributed by atoms with Gasteiger partial charge in [0.15, 0.2) is 0 Å². The van der Waals surface area contributed by atoms with Crippen LogP contribution in [0, 0.1) is 14.5 Å². The topological polar surface area (TPSA) is 12.5 Å². The van der Waals surface area contributed by atoms with E-state index in [1.54, 1.807) is 7.11 Å². The predicted molar refractivity (Wildman–Crippen MR) is 63.1 cm³/mol. The molecule has 0 fully saturated rings. The van der Waals surface area contributed by atoms with E-state index in [-0.39, 0.29) is 40.1 Å². The zero-order valence-electron chi connectivity index (χ0n) is 10.1. The minimum Gasteiger partial charge on any atom is -0.451 e. The van der Waals surface area contributed by atoms with Crippen LogP contribution >= 0.6 is 0 Å². The smallest absolute Gasteiger partial charge is 0.0597 e. The summed E-state index contributed by atoms with van der Waals surface area (Å²) in [4.78, 5) is 2.12. The summed E-state index contributed by atoms with van der Waals surface area (Å²) < 4.78 is 5.19. The van der Waals surface area contributed by atoms with E-state index in [0.717, 1.165) is 19.6 Å². The Morgan fingerprint density at radius 3 is 2.62 bits per heavy atom. The molecule has 1 aromatic rings. The van der Waals surface area contributed by atoms with Crippen LogP contribution in [0.5, 0.6) is 0 Å². The van der Waals surface area contributed by atoms with Gasteiger partial charge in [0.25, 0.3) is 0 Å². The van der Waals surface area contributed by atoms with Crippen LogP contribution in [0.15, 0.2) is 24.3 Å². The van der Waals surface area contributed by atoms with Crippen molar-refractivity contribution in [1.29, 1.82) is 0 Å². The molecule has 1 aliphatic heterocycles. The molecule has 1 atom stereocenters. The molecule has 0 spiro atoms. The number of hydrogen-bond acceptors (Lipinski definition) is 2. The molecule has 1 aliphatic rings. The maximum atomic E-state index is 5.19. The third kappa shape index (κ3) is 3.63. The van der Waals surface area contributed by atoms with Gasteiger partial charge in [0.1, 0.15) is 0 Å². The molecule has 1 radical (unpaired) electrons. The van der Waals surface area contributed by atoms with Crippen LogP contribution in [0.1, 0.15) is 11.1 Å². The zero-order valence-corrected chi connectivity index (χ0v) is 13.0. The third-order valence-corrected chi connectivity index (χ3v) is 2.82. The van der Waals surface area contributed by atoms with Crippen LogP contribution in [0.25, 0.3) is 0 Å². The van der Waals surface area contributed by atoms with E-state index in [2.05, 4.69) is 36.2 Å². The van der Waals surface area contributed by atoms with Crippen molar-refractivity contribution in [2.45, 2.75) is 19.0 Å². The van der Waals surface area contributed by atoms with Gasteiger partial charge in [-0.25, -0.2) is 0 Å². The Morgan fingerprint density at radius 1 is 1.38 bits per heavy atom. The number of rotatable bonds is 2. The van der Waals surface area contributed by atoms with E-state index in [1.165, 1.54) is 11.1 Å². The van der Waals surface area contributed by atoms with E-state index < -0.39 is 0 Å². The van der Waals surface area contributed by atoms with Gasteiger partial charge in [0.2, 0.25) is 0 Å². The van der Waals surface area contributed by atoms with E-state index >= 15 is 0 Å². The van der Waals surface area contributed by atoms with Crippen LogP contribution in [0.4, 0.5) is 0 Å². The summed E-state index contributed by atoms with van der Waals surface area (Å²) in [6, 6.07) is 8.99. The molecule has 1 heterocycles. The molecule has 1 aromatic carbocycles. The number of methoxy groups -OCH3 is 1. The molecule has 2 nitrogen and oxygen atoms in total. The maximum absolute atomic E-state index is 5.19. The molecular weight excluding hydrogens is 275 g/mol. The second kappa shape index (κ2) is 7.55. The van der Waals surface area contributed by atoms with E-state index in [4.69, 9.17) is 4.74 Å². The number of nitrogens with zero attached hydrogens (tertiary/aromatic N) is 1. The Balaban J connectivity index is 0.00000112. The van der Waals surface area contributed by atoms with E-state index in [0.29, 0.717) is 6.04 Å². The molecule has 0 saturated carbocycles. The van der Waals surface area contributed by atoms with Crippen LogP contribution in [0.3, 0.4) is 0 Å². The van der Waals surface area contributed by atoms with Gasteiger partial charge in [-0.15, -0.1) is 0 Å². The monoisotopic (exact) mass is 294 g/mol. The number of benzene rings is 1. The first-order chi connectivity index (χ1) is 6.81. The van der Waals surface area contributed by atoms with E-state index in [9.17, 15) is 0 Å². The van der Waals surface area contributed by atoms with Crippen LogP contribution < -0.4 is 0 Å². The molecule has 0 N–H and O–H groups in total. The number of ether oxygens (including phenoxy) is 1. The summed E-state index contributed by atoms with van der Waals surface area (Å²) in [5, 5.41) is 0. The van der Waals surface area contributed by atoms with Crippen molar-refractivity contribution in [2.75, 3.05) is 13.7 Å². The number of hydrogen-bond donors (Lipinski definition) is 0. The summed E-state index contributed by atoms with van der Waals surface area (Å²) in [5.74, 6) is 0. The van der Waals surface area contributed by atoms with Crippen molar-refractivity contribution in [2.24, 2.45) is 0 Å². The number of fused-ring (bicyclic) bond motifs is 1. The summed E-state index contributed by atoms with van der Waals surface area (Å²) in [6.45, 7) is 1.70. The molecule has 87 valence electrons. The molecule has 2 rings (SSSR count). The minimum absolute atomic E-state index is 0. The van der Waals surface area contributed by atoms with Crippen LogP contribution in [0.2, 0.25) is 0 Å². The van der Waals surface area contributed by atoms with Gasteiger partial charge in [0.05, 0.1) is 6.61 Å². The van der Waals surface area contributed by atoms with Gasteiger partial charge < -0.3 is 17.1 Å². The molecule has 0 amide bonds. The first kappa shape index (κ1) is 16.2. The van der Waals surface area contributed by atoms with Crippen molar-refractivity contribution < 1.29 is 37.4 Å². The Morgan fingerprint density at radius 2 is 2.00 bits per heavy atom. The SMILES string of the molecule is [CH2-]N1Cc2ccccc2CC1COC.[CH3-].[Y]. The Kier molecular flexibility index (Phi) is 7.66. The van der Waals surface area contributed by atoms with Crippen LogP contribution in [-0.2, 0) is 50.4 Å². The second-order valence-electron chi connectivity index (χ2n) is 3.83. The standard InChI is InChI=1S/C12H16NO.CH3.Y/c1-13-8-11-6-4-3-5-10(11)7-12(13)9-14-2;;/h3-6,12H,1,7-9H2,2H3;1H3;/q2*-1;. The molecular formula is C13H19NOY-2. The molecule has 1 unspecified atom stereocenters. The molecule has 0 aliphatic carbocycles. The van der Waals surface area contributed by atoms with Crippen LogP contribution in [-0.4, -0.2) is 24.7 Å². The largest absolute Gasteiger partial charge is 0.451 e. The first-order valence-corrected chi connectivity index (χ1v) is 4.94. The molecule has 0 bridgehead atoms. The average Bonchev–Trinajstić information content (AvgIpc) is 2.19. The average molecular weight is 294 g/mol. The van der Waals surface area contributed by atoms with Crippen molar-refractivity contribution in [3.05, 3.63) is 49.9 Å². The van der Waals surface area contributed by atoms with Gasteiger partial charge in [0, 0.05) is 45.9 Å². The Hall–Kier alpha value is 0.244. The maximum Gasteiger partial charge on any atom is 0.0597 e. The first-order valence-electron chi connectivity index (χ1n) is 4.94. The van der Waals surface area contributed by atoms with Crippen molar-refractivity contribution in [3.63, 3.8) is 0 Å². The van der Waals surface area contributed by atoms with Crippen molar-refractivity contribution in [1.82, 2.24) is 4.90 Å². The molecule has 3 heteroatoms. The quantitative estimate of drug-likeness (QED) is 0.776. The van der Waals surface area contributed by atoms with Gasteiger partial charge in [-0.1, -0.05) is 24.3 Å². The molecule has 16 heavy (non-hydrogen) atoms. The van der Waals surface area contributed by atoms with Gasteiger partial charge in [-0.05, 0) is 24.1 Å². The minimum atomic E-state index is 0. The normalized spacial score (nSPS) is 19.2. The fourth-order valence-electron chi connectivity index (χ4n) is 2.00. The summed E-state index contributed by atoms with van der Waals surface area (Å²) >= 11 is 0. The molecule has 0 saturated heterocycles. The molecule has 0 aromatic heterocycles. The fraction of sp³-hybridized carbons (Fsp3) is 0.385. The predicted octanol–water partition coefficient (Wildman–Crippen LogP) is 2.30. The summed E-state index contributed by atoms with van der Waals surface area (Å²) in [6.07, 6.45) is 1.05.